The van der Waals surface area contributed by atoms with Crippen molar-refractivity contribution in [2.24, 2.45) is 0 Å². The fourth-order valence-electron chi connectivity index (χ4n) is 5.53. The van der Waals surface area contributed by atoms with Crippen LogP contribution in [0.5, 0.6) is 0 Å². The third kappa shape index (κ3) is 8.57. The summed E-state index contributed by atoms with van der Waals surface area (Å²) in [6.07, 6.45) is -0.676. The summed E-state index contributed by atoms with van der Waals surface area (Å²) in [6, 6.07) is 20.1. The van der Waals surface area contributed by atoms with E-state index >= 15 is 0 Å². The highest BCUT2D eigenvalue weighted by Gasteiger charge is 2.23. The Morgan fingerprint density at radius 1 is 0.980 bits per heavy atom. The predicted molar refractivity (Wildman–Crippen MR) is 182 cm³/mol. The van der Waals surface area contributed by atoms with E-state index in [2.05, 4.69) is 51.8 Å². The Hall–Kier alpha value is -6.34. The molecule has 6 rings (SSSR count). The van der Waals surface area contributed by atoms with E-state index in [4.69, 9.17) is 10.00 Å². The maximum absolute atomic E-state index is 13.7. The molecule has 0 radical (unpaired) electrons. The van der Waals surface area contributed by atoms with Crippen LogP contribution in [0.25, 0.3) is 11.0 Å². The molecule has 0 unspecified atom stereocenters. The summed E-state index contributed by atoms with van der Waals surface area (Å²) in [6.45, 7) is 2.97. The highest BCUT2D eigenvalue weighted by Crippen LogP contribution is 2.21. The number of imidazole rings is 1. The van der Waals surface area contributed by atoms with E-state index in [9.17, 15) is 19.1 Å². The number of benzene rings is 3. The van der Waals surface area contributed by atoms with Gasteiger partial charge in [0.15, 0.2) is 0 Å². The number of fused-ring (bicyclic) bond motifs is 1. The van der Waals surface area contributed by atoms with Gasteiger partial charge in [0.05, 0.1) is 36.3 Å². The van der Waals surface area contributed by atoms with Gasteiger partial charge in [0.2, 0.25) is 17.8 Å². The molecule has 256 valence electrons. The van der Waals surface area contributed by atoms with Crippen LogP contribution < -0.4 is 16.0 Å². The first kappa shape index (κ1) is 33.6. The van der Waals surface area contributed by atoms with E-state index in [1.165, 1.54) is 24.1 Å². The third-order valence-corrected chi connectivity index (χ3v) is 8.09. The Morgan fingerprint density at radius 3 is 2.48 bits per heavy atom. The SMILES string of the molecule is COC(=O)[C@H](Cc1ccc(C#N)cc1)Nc1nc(NCc2nc3ccc(F)cc3[nH]2)nc(Nc2cccc(CN3CCN(C(=O)O)CC3)c2)n1. The zero-order chi connectivity index (χ0) is 35.0. The minimum atomic E-state index is -0.906. The second-order valence-electron chi connectivity index (χ2n) is 11.6. The molecule has 1 atom stereocenters. The smallest absolute Gasteiger partial charge is 0.407 e. The Labute approximate surface area is 286 Å². The Balaban J connectivity index is 1.23. The molecule has 1 fully saturated rings. The number of piperazine rings is 1. The molecule has 1 amide bonds. The van der Waals surface area contributed by atoms with Crippen LogP contribution in [0, 0.1) is 17.1 Å². The van der Waals surface area contributed by atoms with Gasteiger partial charge in [-0.3, -0.25) is 4.90 Å². The normalized spacial score (nSPS) is 13.7. The Kier molecular flexibility index (Phi) is 10.2. The number of carbonyl (C=O) groups excluding carboxylic acids is 1. The zero-order valence-electron chi connectivity index (χ0n) is 27.1. The molecular formula is C34H34FN11O4. The molecule has 3 heterocycles. The van der Waals surface area contributed by atoms with Crippen LogP contribution in [0.1, 0.15) is 22.5 Å². The second kappa shape index (κ2) is 15.3. The van der Waals surface area contributed by atoms with Crippen molar-refractivity contribution in [2.45, 2.75) is 25.6 Å². The number of ether oxygens (including phenoxy) is 1. The molecule has 0 bridgehead atoms. The number of esters is 1. The van der Waals surface area contributed by atoms with Crippen molar-refractivity contribution >= 4 is 46.6 Å². The van der Waals surface area contributed by atoms with Crippen LogP contribution in [0.4, 0.5) is 32.7 Å². The lowest BCUT2D eigenvalue weighted by atomic mass is 10.0. The summed E-state index contributed by atoms with van der Waals surface area (Å²) in [7, 11) is 1.29. The van der Waals surface area contributed by atoms with Gasteiger partial charge >= 0.3 is 12.1 Å². The van der Waals surface area contributed by atoms with Crippen LogP contribution in [-0.2, 0) is 29.0 Å². The molecule has 50 heavy (non-hydrogen) atoms. The summed E-state index contributed by atoms with van der Waals surface area (Å²) >= 11 is 0. The van der Waals surface area contributed by atoms with Crippen molar-refractivity contribution in [3.8, 4) is 6.07 Å². The van der Waals surface area contributed by atoms with E-state index in [0.29, 0.717) is 60.8 Å². The van der Waals surface area contributed by atoms with E-state index in [0.717, 1.165) is 11.1 Å². The van der Waals surface area contributed by atoms with Crippen molar-refractivity contribution in [3.05, 3.63) is 95.1 Å². The van der Waals surface area contributed by atoms with E-state index in [1.54, 1.807) is 30.3 Å². The highest BCUT2D eigenvalue weighted by molar-refractivity contribution is 5.79. The number of aromatic nitrogens is 5. The molecular weight excluding hydrogens is 645 g/mol. The number of halogens is 1. The van der Waals surface area contributed by atoms with E-state index in [-0.39, 0.29) is 36.6 Å². The molecule has 16 heteroatoms. The minimum Gasteiger partial charge on any atom is -0.467 e. The van der Waals surface area contributed by atoms with Crippen LogP contribution >= 0.6 is 0 Å². The van der Waals surface area contributed by atoms with Gasteiger partial charge in [0.25, 0.3) is 0 Å². The standard InChI is InChI=1S/C34H34FN11O4/c1-50-30(47)28(16-21-5-7-22(18-36)8-6-21)41-33-43-31(37-19-29-39-26-10-9-24(35)17-27(26)40-29)42-32(44-33)38-25-4-2-3-23(15-25)20-45-11-13-46(14-12-45)34(48)49/h2-10,15,17,28H,11-14,16,19-20H2,1H3,(H,39,40)(H,48,49)(H3,37,38,41,42,43,44)/t28-/m0/s1. The first-order valence-corrected chi connectivity index (χ1v) is 15.8. The molecule has 5 N–H and O–H groups in total. The fraction of sp³-hybridized carbons (Fsp3) is 0.265. The van der Waals surface area contributed by atoms with Gasteiger partial charge in [0.1, 0.15) is 17.7 Å². The molecule has 15 nitrogen and oxygen atoms in total. The quantitative estimate of drug-likeness (QED) is 0.118. The molecule has 0 aliphatic carbocycles. The lowest BCUT2D eigenvalue weighted by Crippen LogP contribution is -2.47. The average molecular weight is 680 g/mol. The van der Waals surface area contributed by atoms with Crippen molar-refractivity contribution in [2.75, 3.05) is 49.2 Å². The van der Waals surface area contributed by atoms with Crippen molar-refractivity contribution in [1.29, 1.82) is 5.26 Å². The van der Waals surface area contributed by atoms with Crippen molar-refractivity contribution < 1.29 is 23.8 Å². The van der Waals surface area contributed by atoms with Crippen LogP contribution in [0.3, 0.4) is 0 Å². The van der Waals surface area contributed by atoms with Crippen molar-refractivity contribution in [1.82, 2.24) is 34.7 Å². The topological polar surface area (TPSA) is 197 Å². The number of H-pyrrole nitrogens is 1. The van der Waals surface area contributed by atoms with E-state index in [1.807, 2.05) is 24.3 Å². The van der Waals surface area contributed by atoms with Crippen LogP contribution in [0.15, 0.2) is 66.7 Å². The Morgan fingerprint density at radius 2 is 1.74 bits per heavy atom. The molecule has 1 saturated heterocycles. The van der Waals surface area contributed by atoms with Gasteiger partial charge in [-0.2, -0.15) is 20.2 Å². The number of nitrogens with zero attached hydrogens (tertiary/aromatic N) is 7. The number of anilines is 4. The lowest BCUT2D eigenvalue weighted by Gasteiger charge is -2.33. The van der Waals surface area contributed by atoms with Gasteiger partial charge in [0, 0.05) is 44.8 Å². The predicted octanol–water partition coefficient (Wildman–Crippen LogP) is 4.11. The lowest BCUT2D eigenvalue weighted by molar-refractivity contribution is -0.141. The molecule has 2 aromatic heterocycles. The summed E-state index contributed by atoms with van der Waals surface area (Å²) in [5.74, 6) is 0.0612. The van der Waals surface area contributed by atoms with Crippen LogP contribution in [0.2, 0.25) is 0 Å². The number of rotatable bonds is 12. The number of methoxy groups -OCH3 is 1. The molecule has 1 aliphatic rings. The number of carboxylic acid groups (broad SMARTS) is 1. The second-order valence-corrected chi connectivity index (χ2v) is 11.6. The number of carbonyl (C=O) groups is 2. The largest absolute Gasteiger partial charge is 0.467 e. The number of hydrogen-bond donors (Lipinski definition) is 5. The zero-order valence-corrected chi connectivity index (χ0v) is 27.1. The Bertz CT molecular complexity index is 2020. The van der Waals surface area contributed by atoms with Crippen molar-refractivity contribution in [3.63, 3.8) is 0 Å². The molecule has 0 saturated carbocycles. The monoisotopic (exact) mass is 679 g/mol. The molecule has 0 spiro atoms. The molecule has 3 aromatic carbocycles. The number of nitriles is 1. The third-order valence-electron chi connectivity index (χ3n) is 8.09. The van der Waals surface area contributed by atoms with E-state index < -0.39 is 18.1 Å². The minimum absolute atomic E-state index is 0.0909. The average Bonchev–Trinajstić information content (AvgIpc) is 3.53. The number of aromatic amines is 1. The molecule has 5 aromatic rings. The van der Waals surface area contributed by atoms with Crippen LogP contribution in [-0.4, -0.2) is 91.2 Å². The summed E-state index contributed by atoms with van der Waals surface area (Å²) < 4.78 is 18.8. The summed E-state index contributed by atoms with van der Waals surface area (Å²) in [5.41, 5.74) is 4.17. The number of nitrogens with one attached hydrogen (secondary N) is 4. The van der Waals surface area contributed by atoms with Gasteiger partial charge in [-0.25, -0.2) is 19.0 Å². The first-order valence-electron chi connectivity index (χ1n) is 15.8. The fourth-order valence-corrected chi connectivity index (χ4v) is 5.53. The number of amides is 1. The maximum Gasteiger partial charge on any atom is 0.407 e. The van der Waals surface area contributed by atoms with Gasteiger partial charge in [-0.1, -0.05) is 24.3 Å². The highest BCUT2D eigenvalue weighted by atomic mass is 19.1. The number of hydrogen-bond acceptors (Lipinski definition) is 12. The first-order chi connectivity index (χ1) is 24.2. The van der Waals surface area contributed by atoms with Gasteiger partial charge in [-0.05, 0) is 53.6 Å². The summed E-state index contributed by atoms with van der Waals surface area (Å²) in [4.78, 5) is 48.9. The van der Waals surface area contributed by atoms with Gasteiger partial charge in [-0.15, -0.1) is 0 Å². The maximum atomic E-state index is 13.7. The van der Waals surface area contributed by atoms with Gasteiger partial charge < -0.3 is 35.7 Å². The molecule has 1 aliphatic heterocycles. The summed E-state index contributed by atoms with van der Waals surface area (Å²) in [5, 5.41) is 27.8.